The zero-order valence-electron chi connectivity index (χ0n) is 12.9. The molecule has 1 aliphatic heterocycles. The number of benzene rings is 2. The molecule has 120 valence electrons. The highest BCUT2D eigenvalue weighted by atomic mass is 16.6. The molecule has 1 spiro atoms. The molecule has 0 fully saturated rings. The standard InChI is InChI=1S/C18H15N3O3/c22-17-15-7-2-1-4-12(15)8-9-18(17)16(11-19-20-18)13-5-3-6-14(10-13)21(23)24/h1-7,10,16H,8-9,11H2/t16-,18-/m1/s1. The van der Waals surface area contributed by atoms with Gasteiger partial charge in [-0.1, -0.05) is 36.4 Å². The number of nitrogens with zero attached hydrogens (tertiary/aromatic N) is 3. The quantitative estimate of drug-likeness (QED) is 0.624. The summed E-state index contributed by atoms with van der Waals surface area (Å²) in [5.41, 5.74) is 1.58. The van der Waals surface area contributed by atoms with Crippen molar-refractivity contribution in [3.8, 4) is 0 Å². The van der Waals surface area contributed by atoms with Gasteiger partial charge >= 0.3 is 0 Å². The average molecular weight is 321 g/mol. The number of fused-ring (bicyclic) bond motifs is 1. The minimum Gasteiger partial charge on any atom is -0.291 e. The van der Waals surface area contributed by atoms with Gasteiger partial charge in [0.05, 0.1) is 11.5 Å². The third-order valence-corrected chi connectivity index (χ3v) is 5.00. The number of carbonyl (C=O) groups excluding carboxylic acids is 1. The summed E-state index contributed by atoms with van der Waals surface area (Å²) < 4.78 is 0. The maximum Gasteiger partial charge on any atom is 0.269 e. The fourth-order valence-corrected chi connectivity index (χ4v) is 3.77. The second-order valence-corrected chi connectivity index (χ2v) is 6.24. The summed E-state index contributed by atoms with van der Waals surface area (Å²) in [6, 6.07) is 14.0. The molecule has 0 bridgehead atoms. The molecular weight excluding hydrogens is 306 g/mol. The summed E-state index contributed by atoms with van der Waals surface area (Å²) in [6.45, 7) is 0.384. The molecule has 0 saturated carbocycles. The number of azo groups is 1. The van der Waals surface area contributed by atoms with E-state index in [1.165, 1.54) is 12.1 Å². The van der Waals surface area contributed by atoms with Gasteiger partial charge < -0.3 is 0 Å². The van der Waals surface area contributed by atoms with Crippen LogP contribution in [0.4, 0.5) is 5.69 Å². The number of non-ortho nitro benzene ring substituents is 1. The molecule has 0 amide bonds. The van der Waals surface area contributed by atoms with Gasteiger partial charge in [0.15, 0.2) is 11.3 Å². The Morgan fingerprint density at radius 2 is 2.00 bits per heavy atom. The van der Waals surface area contributed by atoms with Crippen molar-refractivity contribution in [1.82, 2.24) is 0 Å². The lowest BCUT2D eigenvalue weighted by molar-refractivity contribution is -0.384. The third kappa shape index (κ3) is 2.06. The largest absolute Gasteiger partial charge is 0.291 e. The Labute approximate surface area is 138 Å². The molecule has 2 aromatic rings. The molecule has 0 saturated heterocycles. The van der Waals surface area contributed by atoms with E-state index in [1.54, 1.807) is 6.07 Å². The normalized spacial score (nSPS) is 25.0. The van der Waals surface area contributed by atoms with Crippen molar-refractivity contribution in [3.05, 3.63) is 75.3 Å². The minimum atomic E-state index is -0.927. The van der Waals surface area contributed by atoms with Crippen molar-refractivity contribution in [2.75, 3.05) is 6.54 Å². The molecule has 1 aliphatic carbocycles. The number of nitro benzene ring substituents is 1. The number of aryl methyl sites for hydroxylation is 1. The lowest BCUT2D eigenvalue weighted by atomic mass is 9.68. The summed E-state index contributed by atoms with van der Waals surface area (Å²) in [5.74, 6) is -0.277. The Kier molecular flexibility index (Phi) is 3.26. The molecule has 1 heterocycles. The van der Waals surface area contributed by atoms with Crippen LogP contribution in [0.3, 0.4) is 0 Å². The average Bonchev–Trinajstić information content (AvgIpc) is 3.03. The Bertz CT molecular complexity index is 877. The van der Waals surface area contributed by atoms with Crippen LogP contribution in [-0.2, 0) is 6.42 Å². The predicted octanol–water partition coefficient (Wildman–Crippen LogP) is 3.71. The zero-order chi connectivity index (χ0) is 16.7. The first-order chi connectivity index (χ1) is 11.6. The summed E-state index contributed by atoms with van der Waals surface area (Å²) >= 11 is 0. The molecule has 0 N–H and O–H groups in total. The second kappa shape index (κ2) is 5.33. The summed E-state index contributed by atoms with van der Waals surface area (Å²) in [5, 5.41) is 19.6. The van der Waals surface area contributed by atoms with Gasteiger partial charge in [-0.05, 0) is 24.0 Å². The van der Waals surface area contributed by atoms with Crippen LogP contribution in [-0.4, -0.2) is 22.8 Å². The van der Waals surface area contributed by atoms with E-state index in [9.17, 15) is 14.9 Å². The van der Waals surface area contributed by atoms with Crippen molar-refractivity contribution >= 4 is 11.5 Å². The molecule has 0 aromatic heterocycles. The topological polar surface area (TPSA) is 84.9 Å². The number of hydrogen-bond donors (Lipinski definition) is 0. The smallest absolute Gasteiger partial charge is 0.269 e. The third-order valence-electron chi connectivity index (χ3n) is 5.00. The van der Waals surface area contributed by atoms with Crippen LogP contribution in [0.5, 0.6) is 0 Å². The molecule has 2 aromatic carbocycles. The van der Waals surface area contributed by atoms with E-state index in [0.717, 1.165) is 17.5 Å². The number of nitro groups is 1. The first-order valence-electron chi connectivity index (χ1n) is 7.87. The molecule has 6 nitrogen and oxygen atoms in total. The molecular formula is C18H15N3O3. The van der Waals surface area contributed by atoms with E-state index in [1.807, 2.05) is 30.3 Å². The van der Waals surface area contributed by atoms with Crippen LogP contribution < -0.4 is 0 Å². The molecule has 24 heavy (non-hydrogen) atoms. The van der Waals surface area contributed by atoms with Gasteiger partial charge in [-0.15, -0.1) is 0 Å². The lowest BCUT2D eigenvalue weighted by Crippen LogP contribution is -2.44. The van der Waals surface area contributed by atoms with E-state index < -0.39 is 10.5 Å². The zero-order valence-corrected chi connectivity index (χ0v) is 12.9. The fourth-order valence-electron chi connectivity index (χ4n) is 3.77. The molecule has 2 aliphatic rings. The van der Waals surface area contributed by atoms with E-state index >= 15 is 0 Å². The van der Waals surface area contributed by atoms with E-state index in [-0.39, 0.29) is 17.4 Å². The van der Waals surface area contributed by atoms with Crippen LogP contribution >= 0.6 is 0 Å². The van der Waals surface area contributed by atoms with E-state index in [4.69, 9.17) is 0 Å². The second-order valence-electron chi connectivity index (χ2n) is 6.24. The number of ketones is 1. The Hall–Kier alpha value is -2.89. The van der Waals surface area contributed by atoms with Gasteiger partial charge in [-0.25, -0.2) is 0 Å². The van der Waals surface area contributed by atoms with Gasteiger partial charge in [0.25, 0.3) is 5.69 Å². The molecule has 6 heteroatoms. The number of hydrogen-bond acceptors (Lipinski definition) is 5. The monoisotopic (exact) mass is 321 g/mol. The molecule has 2 atom stereocenters. The summed E-state index contributed by atoms with van der Waals surface area (Å²) in [4.78, 5) is 23.8. The highest BCUT2D eigenvalue weighted by Crippen LogP contribution is 2.46. The number of rotatable bonds is 2. The molecule has 0 radical (unpaired) electrons. The van der Waals surface area contributed by atoms with Crippen molar-refractivity contribution in [2.45, 2.75) is 24.3 Å². The lowest BCUT2D eigenvalue weighted by Gasteiger charge is -2.34. The molecule has 4 rings (SSSR count). The van der Waals surface area contributed by atoms with Crippen LogP contribution in [0, 0.1) is 10.1 Å². The number of Topliss-reactive ketones (excluding diaryl/α,β-unsaturated/α-hetero) is 1. The van der Waals surface area contributed by atoms with Gasteiger partial charge in [0.1, 0.15) is 0 Å². The maximum absolute atomic E-state index is 13.2. The van der Waals surface area contributed by atoms with Crippen molar-refractivity contribution in [1.29, 1.82) is 0 Å². The highest BCUT2D eigenvalue weighted by Gasteiger charge is 2.52. The van der Waals surface area contributed by atoms with Crippen molar-refractivity contribution in [2.24, 2.45) is 10.2 Å². The van der Waals surface area contributed by atoms with E-state index in [2.05, 4.69) is 10.2 Å². The Morgan fingerprint density at radius 3 is 2.83 bits per heavy atom. The van der Waals surface area contributed by atoms with Crippen LogP contribution in [0.15, 0.2) is 58.8 Å². The van der Waals surface area contributed by atoms with Crippen molar-refractivity contribution < 1.29 is 9.72 Å². The van der Waals surface area contributed by atoms with Gasteiger partial charge in [-0.2, -0.15) is 10.2 Å². The van der Waals surface area contributed by atoms with Crippen molar-refractivity contribution in [3.63, 3.8) is 0 Å². The first kappa shape index (κ1) is 14.7. The van der Waals surface area contributed by atoms with E-state index in [0.29, 0.717) is 18.5 Å². The highest BCUT2D eigenvalue weighted by molar-refractivity contribution is 6.06. The fraction of sp³-hybridized carbons (Fsp3) is 0.278. The summed E-state index contributed by atoms with van der Waals surface area (Å²) in [7, 11) is 0. The summed E-state index contributed by atoms with van der Waals surface area (Å²) in [6.07, 6.45) is 1.34. The SMILES string of the molecule is O=C1c2ccccc2CC[C@]12N=NC[C@@H]2c1cccc([N+](=O)[O-])c1. The maximum atomic E-state index is 13.2. The van der Waals surface area contributed by atoms with Crippen LogP contribution in [0.25, 0.3) is 0 Å². The predicted molar refractivity (Wildman–Crippen MR) is 87.4 cm³/mol. The Balaban J connectivity index is 1.78. The van der Waals surface area contributed by atoms with Gasteiger partial charge in [-0.3, -0.25) is 14.9 Å². The molecule has 0 unspecified atom stereocenters. The van der Waals surface area contributed by atoms with Gasteiger partial charge in [0, 0.05) is 23.6 Å². The number of carbonyl (C=O) groups is 1. The van der Waals surface area contributed by atoms with Crippen LogP contribution in [0.1, 0.15) is 33.8 Å². The minimum absolute atomic E-state index is 0.0258. The Morgan fingerprint density at radius 1 is 1.17 bits per heavy atom. The van der Waals surface area contributed by atoms with Gasteiger partial charge in [0.2, 0.25) is 0 Å². The van der Waals surface area contributed by atoms with Crippen LogP contribution in [0.2, 0.25) is 0 Å². The first-order valence-corrected chi connectivity index (χ1v) is 7.87.